The molecule has 0 radical (unpaired) electrons. The van der Waals surface area contributed by atoms with Crippen LogP contribution < -0.4 is 10.3 Å². The maximum atomic E-state index is 13.4. The lowest BCUT2D eigenvalue weighted by Gasteiger charge is -2.24. The van der Waals surface area contributed by atoms with Gasteiger partial charge in [-0.3, -0.25) is 9.59 Å². The van der Waals surface area contributed by atoms with Gasteiger partial charge < -0.3 is 10.5 Å². The number of hydrogen-bond donors (Lipinski definition) is 1. The number of carbonyl (C=O) groups is 2. The average Bonchev–Trinajstić information content (AvgIpc) is 3.05. The summed E-state index contributed by atoms with van der Waals surface area (Å²) in [5.74, 6) is -1.45. The van der Waals surface area contributed by atoms with Crippen molar-refractivity contribution >= 4 is 23.8 Å². The van der Waals surface area contributed by atoms with Gasteiger partial charge in [-0.05, 0) is 23.8 Å². The second-order valence-electron chi connectivity index (χ2n) is 6.66. The van der Waals surface area contributed by atoms with Gasteiger partial charge in [-0.1, -0.05) is 23.3 Å². The molecule has 0 aromatic heterocycles. The van der Waals surface area contributed by atoms with Crippen molar-refractivity contribution in [3.05, 3.63) is 65.6 Å². The summed E-state index contributed by atoms with van der Waals surface area (Å²) >= 11 is 0. The molecular weight excluding hydrogens is 425 g/mol. The number of ether oxygens (including phenoxy) is 1. The van der Waals surface area contributed by atoms with E-state index in [0.29, 0.717) is 0 Å². The van der Waals surface area contributed by atoms with Gasteiger partial charge >= 0.3 is 6.18 Å². The number of alkyl halides is 5. The summed E-state index contributed by atoms with van der Waals surface area (Å²) in [6.07, 6.45) is -6.68. The molecule has 1 atom stereocenters. The van der Waals surface area contributed by atoms with E-state index >= 15 is 0 Å². The van der Waals surface area contributed by atoms with Crippen LogP contribution in [0.4, 0.5) is 27.6 Å². The van der Waals surface area contributed by atoms with Crippen molar-refractivity contribution in [1.82, 2.24) is 4.59 Å². The van der Waals surface area contributed by atoms with Crippen LogP contribution in [-0.4, -0.2) is 31.6 Å². The summed E-state index contributed by atoms with van der Waals surface area (Å²) in [5.41, 5.74) is 3.51. The lowest BCUT2D eigenvalue weighted by Crippen LogP contribution is -2.32. The third kappa shape index (κ3) is 4.17. The fraction of sp³-hybridized carbons (Fsp3) is 0.150. The van der Waals surface area contributed by atoms with Crippen LogP contribution in [0.2, 0.25) is 0 Å². The molecule has 1 amide bonds. The van der Waals surface area contributed by atoms with Crippen molar-refractivity contribution in [3.8, 4) is 11.1 Å². The van der Waals surface area contributed by atoms with Gasteiger partial charge in [0.2, 0.25) is 17.4 Å². The van der Waals surface area contributed by atoms with Crippen LogP contribution in [0.1, 0.15) is 15.9 Å². The lowest BCUT2D eigenvalue weighted by atomic mass is 9.95. The molecule has 1 aliphatic heterocycles. The molecule has 0 bridgehead atoms. The first-order valence-corrected chi connectivity index (χ1v) is 8.67. The number of primary amides is 1. The van der Waals surface area contributed by atoms with Crippen molar-refractivity contribution in [2.45, 2.75) is 12.6 Å². The van der Waals surface area contributed by atoms with Gasteiger partial charge in [0.1, 0.15) is 7.05 Å². The Morgan fingerprint density at radius 3 is 2.45 bits per heavy atom. The molecular formula is C20H15F5N3O3+. The molecule has 0 saturated carbocycles. The molecule has 6 nitrogen and oxygen atoms in total. The summed E-state index contributed by atoms with van der Waals surface area (Å²) in [4.78, 5) is 22.7. The predicted molar refractivity (Wildman–Crippen MR) is 102 cm³/mol. The van der Waals surface area contributed by atoms with Crippen LogP contribution >= 0.6 is 0 Å². The highest BCUT2D eigenvalue weighted by atomic mass is 19.4. The number of carbonyl (C=O) groups excluding carboxylic acids is 2. The van der Waals surface area contributed by atoms with Gasteiger partial charge in [-0.25, -0.2) is 8.78 Å². The molecule has 2 N–H and O–H groups in total. The molecule has 1 heterocycles. The number of allylic oxidation sites excluding steroid dienone is 1. The standard InChI is InChI=1S/C20H14F5N3O3/c1-28(9-15(31-10-29)17(27-28)18(21)22)14-7-3-6-13(19(26)30)16(14)11-4-2-5-12(8-11)20(23,24)25/h2-10,18H,1H3,(H-,26,30)/p+1. The monoisotopic (exact) mass is 440 g/mol. The fourth-order valence-electron chi connectivity index (χ4n) is 3.29. The minimum Gasteiger partial charge on any atom is -0.421 e. The van der Waals surface area contributed by atoms with Crippen molar-refractivity contribution < 1.29 is 36.3 Å². The van der Waals surface area contributed by atoms with Gasteiger partial charge in [-0.15, -0.1) is 4.59 Å². The number of nitrogens with zero attached hydrogens (tertiary/aromatic N) is 2. The molecule has 0 fully saturated rings. The van der Waals surface area contributed by atoms with E-state index in [1.54, 1.807) is 0 Å². The summed E-state index contributed by atoms with van der Waals surface area (Å²) in [7, 11) is 1.33. The van der Waals surface area contributed by atoms with E-state index in [1.165, 1.54) is 31.3 Å². The molecule has 2 aromatic rings. The van der Waals surface area contributed by atoms with E-state index in [2.05, 4.69) is 9.84 Å². The minimum atomic E-state index is -4.66. The van der Waals surface area contributed by atoms with E-state index in [1.807, 2.05) is 0 Å². The third-order valence-corrected chi connectivity index (χ3v) is 4.59. The maximum absolute atomic E-state index is 13.4. The first kappa shape index (κ1) is 22.1. The molecule has 1 aliphatic rings. The van der Waals surface area contributed by atoms with Crippen LogP contribution in [0, 0.1) is 0 Å². The van der Waals surface area contributed by atoms with Crippen LogP contribution in [0.25, 0.3) is 11.1 Å². The predicted octanol–water partition coefficient (Wildman–Crippen LogP) is 4.06. The van der Waals surface area contributed by atoms with E-state index in [-0.39, 0.29) is 28.8 Å². The average molecular weight is 440 g/mol. The van der Waals surface area contributed by atoms with Gasteiger partial charge in [0.05, 0.1) is 16.7 Å². The Morgan fingerprint density at radius 2 is 1.87 bits per heavy atom. The van der Waals surface area contributed by atoms with Gasteiger partial charge in [-0.2, -0.15) is 13.2 Å². The largest absolute Gasteiger partial charge is 0.421 e. The van der Waals surface area contributed by atoms with E-state index in [0.717, 1.165) is 24.4 Å². The highest BCUT2D eigenvalue weighted by Crippen LogP contribution is 2.42. The third-order valence-electron chi connectivity index (χ3n) is 4.59. The second-order valence-corrected chi connectivity index (χ2v) is 6.66. The second kappa shape index (κ2) is 7.91. The number of hydrogen-bond acceptors (Lipinski definition) is 4. The first-order chi connectivity index (χ1) is 14.5. The first-order valence-electron chi connectivity index (χ1n) is 8.67. The van der Waals surface area contributed by atoms with Crippen LogP contribution in [0.3, 0.4) is 0 Å². The molecule has 2 aromatic carbocycles. The van der Waals surface area contributed by atoms with Crippen molar-refractivity contribution in [2.24, 2.45) is 10.8 Å². The number of quaternary nitrogens is 1. The SMILES string of the molecule is C[N+]1(c2cccc(C(N)=O)c2-c2cccc(C(F)(F)F)c2)C=C(OC=O)C(C(F)F)=N1. The van der Waals surface area contributed by atoms with Crippen LogP contribution in [0.5, 0.6) is 0 Å². The Kier molecular flexibility index (Phi) is 5.64. The molecule has 162 valence electrons. The Labute approximate surface area is 172 Å². The highest BCUT2D eigenvalue weighted by Gasteiger charge is 2.41. The number of benzene rings is 2. The summed E-state index contributed by atoms with van der Waals surface area (Å²) < 4.78 is 70.4. The number of halogens is 5. The minimum absolute atomic E-state index is 0.0227. The Hall–Kier alpha value is -3.60. The lowest BCUT2D eigenvalue weighted by molar-refractivity contribution is -0.137. The Bertz CT molecular complexity index is 1110. The smallest absolute Gasteiger partial charge is 0.416 e. The molecule has 31 heavy (non-hydrogen) atoms. The van der Waals surface area contributed by atoms with E-state index < -0.39 is 40.1 Å². The fourth-order valence-corrected chi connectivity index (χ4v) is 3.29. The molecule has 3 rings (SSSR count). The molecule has 0 spiro atoms. The zero-order valence-corrected chi connectivity index (χ0v) is 15.9. The van der Waals surface area contributed by atoms with E-state index in [4.69, 9.17) is 5.73 Å². The van der Waals surface area contributed by atoms with Crippen molar-refractivity contribution in [3.63, 3.8) is 0 Å². The van der Waals surface area contributed by atoms with Crippen molar-refractivity contribution in [1.29, 1.82) is 0 Å². The molecule has 11 heteroatoms. The van der Waals surface area contributed by atoms with E-state index in [9.17, 15) is 31.5 Å². The Morgan fingerprint density at radius 1 is 1.19 bits per heavy atom. The maximum Gasteiger partial charge on any atom is 0.416 e. The molecule has 0 saturated heterocycles. The summed E-state index contributed by atoms with van der Waals surface area (Å²) in [6, 6.07) is 8.23. The highest BCUT2D eigenvalue weighted by molar-refractivity contribution is 6.06. The number of nitrogens with two attached hydrogens (primary N) is 1. The van der Waals surface area contributed by atoms with Crippen LogP contribution in [-0.2, 0) is 15.7 Å². The molecule has 1 unspecified atom stereocenters. The summed E-state index contributed by atoms with van der Waals surface area (Å²) in [6.45, 7) is -0.0487. The molecule has 0 aliphatic carbocycles. The summed E-state index contributed by atoms with van der Waals surface area (Å²) in [5, 5.41) is 3.90. The zero-order valence-electron chi connectivity index (χ0n) is 15.9. The van der Waals surface area contributed by atoms with Gasteiger partial charge in [0.25, 0.3) is 12.9 Å². The number of amides is 1. The number of rotatable bonds is 6. The normalized spacial score (nSPS) is 18.5. The van der Waals surface area contributed by atoms with Gasteiger partial charge in [0.15, 0.2) is 11.9 Å². The van der Waals surface area contributed by atoms with Crippen LogP contribution in [0.15, 0.2) is 59.5 Å². The van der Waals surface area contributed by atoms with Crippen molar-refractivity contribution in [2.75, 3.05) is 7.05 Å². The topological polar surface area (TPSA) is 81.8 Å². The zero-order chi connectivity index (χ0) is 23.0. The quantitative estimate of drug-likeness (QED) is 0.418. The Balaban J connectivity index is 2.31. The van der Waals surface area contributed by atoms with Gasteiger partial charge in [0, 0.05) is 6.07 Å².